The first-order chi connectivity index (χ1) is 15.4. The normalized spacial score (nSPS) is 45.3. The SMILES string of the molecule is CC(O)(CCC(=O)O)[C@H]1CC(=O)[C@@]2(C)C3=C(C(=O)C[C@]12C)[C@@]1(C)CC[C@H](O)C(C)(C)[C@@H]1C[C@@H]3O. The molecule has 7 nitrogen and oxygen atoms in total. The van der Waals surface area contributed by atoms with E-state index < -0.39 is 51.4 Å². The lowest BCUT2D eigenvalue weighted by Crippen LogP contribution is -2.61. The van der Waals surface area contributed by atoms with Gasteiger partial charge in [-0.1, -0.05) is 27.7 Å². The number of aliphatic hydroxyl groups excluding tert-OH is 2. The summed E-state index contributed by atoms with van der Waals surface area (Å²) in [5.41, 5.74) is -3.46. The van der Waals surface area contributed by atoms with Crippen LogP contribution in [0.5, 0.6) is 0 Å². The summed E-state index contributed by atoms with van der Waals surface area (Å²) in [4.78, 5) is 38.9. The zero-order valence-corrected chi connectivity index (χ0v) is 21.3. The lowest BCUT2D eigenvalue weighted by atomic mass is 9.42. The molecule has 2 saturated carbocycles. The van der Waals surface area contributed by atoms with E-state index in [-0.39, 0.29) is 43.2 Å². The Balaban J connectivity index is 1.87. The second kappa shape index (κ2) is 7.47. The molecule has 0 radical (unpaired) electrons. The number of Topliss-reactive ketones (excluding diaryl/α,β-unsaturated/α-hetero) is 2. The molecule has 0 aromatic rings. The fraction of sp³-hybridized carbons (Fsp3) is 0.815. The van der Waals surface area contributed by atoms with Gasteiger partial charge in [-0.25, -0.2) is 0 Å². The average molecular weight is 477 g/mol. The summed E-state index contributed by atoms with van der Waals surface area (Å²) in [7, 11) is 0. The van der Waals surface area contributed by atoms with Gasteiger partial charge >= 0.3 is 5.97 Å². The number of carbonyl (C=O) groups is 3. The second-order valence-corrected chi connectivity index (χ2v) is 13.0. The van der Waals surface area contributed by atoms with Crippen LogP contribution in [0.1, 0.15) is 86.5 Å². The van der Waals surface area contributed by atoms with Crippen molar-refractivity contribution in [1.82, 2.24) is 0 Å². The van der Waals surface area contributed by atoms with E-state index in [9.17, 15) is 29.7 Å². The molecule has 1 unspecified atom stereocenters. The molecule has 0 spiro atoms. The molecule has 0 amide bonds. The number of hydrogen-bond donors (Lipinski definition) is 4. The number of aliphatic hydroxyl groups is 3. The lowest BCUT2D eigenvalue weighted by molar-refractivity contribution is -0.148. The van der Waals surface area contributed by atoms with Crippen molar-refractivity contribution in [2.24, 2.45) is 33.5 Å². The molecule has 190 valence electrons. The third-order valence-electron chi connectivity index (χ3n) is 10.9. The fourth-order valence-corrected chi connectivity index (χ4v) is 8.67. The topological polar surface area (TPSA) is 132 Å². The molecule has 7 heteroatoms. The van der Waals surface area contributed by atoms with Gasteiger partial charge in [0.15, 0.2) is 5.78 Å². The van der Waals surface area contributed by atoms with Crippen molar-refractivity contribution >= 4 is 17.5 Å². The van der Waals surface area contributed by atoms with E-state index in [0.29, 0.717) is 30.4 Å². The van der Waals surface area contributed by atoms with E-state index in [1.54, 1.807) is 6.92 Å². The highest BCUT2D eigenvalue weighted by Crippen LogP contribution is 2.71. The van der Waals surface area contributed by atoms with Crippen LogP contribution in [0, 0.1) is 33.5 Å². The summed E-state index contributed by atoms with van der Waals surface area (Å²) >= 11 is 0. The first-order valence-electron chi connectivity index (χ1n) is 12.6. The van der Waals surface area contributed by atoms with Crippen LogP contribution < -0.4 is 0 Å². The number of carboxylic acid groups (broad SMARTS) is 1. The number of rotatable bonds is 4. The van der Waals surface area contributed by atoms with Gasteiger partial charge in [0.2, 0.25) is 0 Å². The summed E-state index contributed by atoms with van der Waals surface area (Å²) in [6, 6.07) is 0. The van der Waals surface area contributed by atoms with Crippen LogP contribution in [0.4, 0.5) is 0 Å². The van der Waals surface area contributed by atoms with Crippen molar-refractivity contribution in [1.29, 1.82) is 0 Å². The maximum absolute atomic E-state index is 13.9. The molecule has 0 bridgehead atoms. The van der Waals surface area contributed by atoms with Crippen molar-refractivity contribution in [3.63, 3.8) is 0 Å². The third-order valence-corrected chi connectivity index (χ3v) is 10.9. The van der Waals surface area contributed by atoms with Crippen LogP contribution in [0.2, 0.25) is 0 Å². The first-order valence-corrected chi connectivity index (χ1v) is 12.6. The average Bonchev–Trinajstić information content (AvgIpc) is 2.93. The number of ketones is 2. The Hall–Kier alpha value is -1.57. The van der Waals surface area contributed by atoms with Gasteiger partial charge in [-0.3, -0.25) is 14.4 Å². The molecule has 4 aliphatic rings. The molecule has 4 aliphatic carbocycles. The number of hydrogen-bond acceptors (Lipinski definition) is 6. The van der Waals surface area contributed by atoms with Gasteiger partial charge in [0.25, 0.3) is 0 Å². The first kappa shape index (κ1) is 25.5. The Morgan fingerprint density at radius 1 is 1.12 bits per heavy atom. The van der Waals surface area contributed by atoms with Crippen LogP contribution in [-0.4, -0.2) is 55.8 Å². The molecule has 8 atom stereocenters. The van der Waals surface area contributed by atoms with Crippen LogP contribution in [-0.2, 0) is 14.4 Å². The van der Waals surface area contributed by atoms with E-state index in [1.807, 2.05) is 27.7 Å². The highest BCUT2D eigenvalue weighted by Gasteiger charge is 2.71. The minimum absolute atomic E-state index is 0.0134. The predicted molar refractivity (Wildman–Crippen MR) is 125 cm³/mol. The maximum Gasteiger partial charge on any atom is 0.303 e. The quantitative estimate of drug-likeness (QED) is 0.490. The Labute approximate surface area is 201 Å². The Kier molecular flexibility index (Phi) is 5.61. The van der Waals surface area contributed by atoms with Crippen LogP contribution in [0.15, 0.2) is 11.1 Å². The van der Waals surface area contributed by atoms with E-state index >= 15 is 0 Å². The number of carboxylic acids is 1. The second-order valence-electron chi connectivity index (χ2n) is 13.0. The zero-order valence-electron chi connectivity index (χ0n) is 21.3. The van der Waals surface area contributed by atoms with Gasteiger partial charge in [-0.05, 0) is 67.3 Å². The molecular weight excluding hydrogens is 436 g/mol. The van der Waals surface area contributed by atoms with E-state index in [2.05, 4.69) is 6.92 Å². The largest absolute Gasteiger partial charge is 0.481 e. The van der Waals surface area contributed by atoms with E-state index in [4.69, 9.17) is 5.11 Å². The van der Waals surface area contributed by atoms with Gasteiger partial charge in [0.05, 0.1) is 23.2 Å². The predicted octanol–water partition coefficient (Wildman–Crippen LogP) is 3.04. The monoisotopic (exact) mass is 476 g/mol. The molecular formula is C27H40O7. The van der Waals surface area contributed by atoms with Gasteiger partial charge in [0.1, 0.15) is 5.78 Å². The van der Waals surface area contributed by atoms with Crippen molar-refractivity contribution in [3.05, 3.63) is 11.1 Å². The molecule has 0 aromatic carbocycles. The van der Waals surface area contributed by atoms with Crippen LogP contribution in [0.25, 0.3) is 0 Å². The third kappa shape index (κ3) is 3.09. The summed E-state index contributed by atoms with van der Waals surface area (Å²) in [6.07, 6.45) is -0.118. The van der Waals surface area contributed by atoms with Crippen LogP contribution >= 0.6 is 0 Å². The number of allylic oxidation sites excluding steroid dienone is 1. The lowest BCUT2D eigenvalue weighted by Gasteiger charge is -2.62. The molecule has 0 saturated heterocycles. The molecule has 0 aliphatic heterocycles. The maximum atomic E-state index is 13.9. The Bertz CT molecular complexity index is 977. The molecule has 4 rings (SSSR count). The summed E-state index contributed by atoms with van der Waals surface area (Å²) in [5, 5.41) is 42.8. The highest BCUT2D eigenvalue weighted by atomic mass is 16.4. The fourth-order valence-electron chi connectivity index (χ4n) is 8.67. The number of fused-ring (bicyclic) bond motifs is 4. The molecule has 0 heterocycles. The molecule has 4 N–H and O–H groups in total. The van der Waals surface area contributed by atoms with Crippen molar-refractivity contribution < 1.29 is 34.8 Å². The van der Waals surface area contributed by atoms with Crippen molar-refractivity contribution in [2.75, 3.05) is 0 Å². The van der Waals surface area contributed by atoms with Gasteiger partial charge in [0, 0.05) is 30.8 Å². The molecule has 2 fully saturated rings. The van der Waals surface area contributed by atoms with Gasteiger partial charge in [-0.15, -0.1) is 0 Å². The van der Waals surface area contributed by atoms with E-state index in [1.165, 1.54) is 0 Å². The highest BCUT2D eigenvalue weighted by molar-refractivity contribution is 6.05. The van der Waals surface area contributed by atoms with Gasteiger partial charge in [-0.2, -0.15) is 0 Å². The summed E-state index contributed by atoms with van der Waals surface area (Å²) in [6.45, 7) is 11.3. The minimum atomic E-state index is -1.44. The smallest absolute Gasteiger partial charge is 0.303 e. The van der Waals surface area contributed by atoms with Crippen LogP contribution in [0.3, 0.4) is 0 Å². The Morgan fingerprint density at radius 3 is 2.32 bits per heavy atom. The summed E-state index contributed by atoms with van der Waals surface area (Å²) in [5.74, 6) is -1.93. The van der Waals surface area contributed by atoms with Crippen molar-refractivity contribution in [2.45, 2.75) is 104 Å². The minimum Gasteiger partial charge on any atom is -0.481 e. The number of carbonyl (C=O) groups excluding carboxylic acids is 2. The van der Waals surface area contributed by atoms with Crippen molar-refractivity contribution in [3.8, 4) is 0 Å². The molecule has 34 heavy (non-hydrogen) atoms. The zero-order chi connectivity index (χ0) is 25.6. The Morgan fingerprint density at radius 2 is 1.74 bits per heavy atom. The standard InChI is InChI=1S/C27H40O7/c1-23(2)16-11-14(28)22-21(24(16,3)9-7-18(23)30)15(29)13-25(4)17(12-19(31)27(22,25)6)26(5,34)10-8-20(32)33/h14,16-18,28,30,34H,7-13H2,1-6H3,(H,32,33)/t14-,16-,17-,18-,24-,25+,26?,27-/m0/s1. The van der Waals surface area contributed by atoms with Gasteiger partial charge < -0.3 is 20.4 Å². The summed E-state index contributed by atoms with van der Waals surface area (Å²) < 4.78 is 0. The number of aliphatic carboxylic acids is 1. The molecule has 0 aromatic heterocycles. The van der Waals surface area contributed by atoms with E-state index in [0.717, 1.165) is 0 Å².